The monoisotopic (exact) mass is 467 g/mol. The number of thioether (sulfide) groups is 1. The molecule has 170 valence electrons. The van der Waals surface area contributed by atoms with Gasteiger partial charge in [0.05, 0.1) is 17.9 Å². The number of esters is 1. The molecule has 0 atom stereocenters. The SMILES string of the molecule is CCOC(=O)c1c(C)oc(NC(=O)CSc2nnc3cc(C)c4ccccc4n23)c1C(N)=O. The van der Waals surface area contributed by atoms with E-state index in [1.54, 1.807) is 6.92 Å². The Balaban J connectivity index is 1.57. The third-order valence-corrected chi connectivity index (χ3v) is 5.90. The van der Waals surface area contributed by atoms with Gasteiger partial charge in [-0.2, -0.15) is 0 Å². The number of benzene rings is 1. The average molecular weight is 468 g/mol. The van der Waals surface area contributed by atoms with Crippen LogP contribution < -0.4 is 11.1 Å². The molecule has 10 nitrogen and oxygen atoms in total. The predicted molar refractivity (Wildman–Crippen MR) is 123 cm³/mol. The van der Waals surface area contributed by atoms with Crippen molar-refractivity contribution >= 4 is 52.0 Å². The van der Waals surface area contributed by atoms with Crippen LogP contribution in [0.2, 0.25) is 0 Å². The zero-order valence-corrected chi connectivity index (χ0v) is 19.0. The summed E-state index contributed by atoms with van der Waals surface area (Å²) in [4.78, 5) is 36.8. The maximum absolute atomic E-state index is 12.6. The van der Waals surface area contributed by atoms with Gasteiger partial charge in [-0.05, 0) is 38.5 Å². The summed E-state index contributed by atoms with van der Waals surface area (Å²) in [5.74, 6) is -2.26. The first kappa shape index (κ1) is 22.3. The van der Waals surface area contributed by atoms with Crippen molar-refractivity contribution in [2.45, 2.75) is 25.9 Å². The quantitative estimate of drug-likeness (QED) is 0.312. The lowest BCUT2D eigenvalue weighted by molar-refractivity contribution is -0.113. The molecule has 1 aromatic carbocycles. The Morgan fingerprint density at radius 3 is 2.67 bits per heavy atom. The number of primary amides is 1. The molecule has 0 saturated heterocycles. The first-order valence-corrected chi connectivity index (χ1v) is 11.1. The number of furan rings is 1. The lowest BCUT2D eigenvalue weighted by atomic mass is 10.1. The summed E-state index contributed by atoms with van der Waals surface area (Å²) >= 11 is 1.17. The standard InChI is InChI=1S/C22H21N5O5S/c1-4-31-21(30)17-12(3)32-20(18(17)19(23)29)24-16(28)10-33-22-26-25-15-9-11(2)13-7-5-6-8-14(13)27(15)22/h5-9H,4,10H2,1-3H3,(H2,23,29)(H,24,28). The van der Waals surface area contributed by atoms with Gasteiger partial charge in [0.15, 0.2) is 10.8 Å². The number of amides is 2. The van der Waals surface area contributed by atoms with Gasteiger partial charge in [0.25, 0.3) is 5.91 Å². The average Bonchev–Trinajstić information content (AvgIpc) is 3.33. The number of carbonyl (C=O) groups excluding carboxylic acids is 3. The molecular weight excluding hydrogens is 446 g/mol. The number of fused-ring (bicyclic) bond motifs is 3. The molecule has 0 unspecified atom stereocenters. The molecule has 11 heteroatoms. The first-order chi connectivity index (χ1) is 15.8. The van der Waals surface area contributed by atoms with Gasteiger partial charge in [0, 0.05) is 5.39 Å². The molecule has 0 saturated carbocycles. The van der Waals surface area contributed by atoms with Crippen LogP contribution in [0.15, 0.2) is 39.9 Å². The minimum absolute atomic E-state index is 0.0459. The Bertz CT molecular complexity index is 1410. The second-order valence-electron chi connectivity index (χ2n) is 7.18. The highest BCUT2D eigenvalue weighted by molar-refractivity contribution is 7.99. The van der Waals surface area contributed by atoms with Crippen LogP contribution in [0.5, 0.6) is 0 Å². The molecule has 0 spiro atoms. The number of nitrogens with one attached hydrogen (secondary N) is 1. The van der Waals surface area contributed by atoms with Crippen LogP contribution in [0.1, 0.15) is 39.0 Å². The largest absolute Gasteiger partial charge is 0.462 e. The fourth-order valence-corrected chi connectivity index (χ4v) is 4.33. The number of para-hydroxylation sites is 1. The zero-order valence-electron chi connectivity index (χ0n) is 18.2. The van der Waals surface area contributed by atoms with Crippen LogP contribution in [0.4, 0.5) is 5.88 Å². The number of aryl methyl sites for hydroxylation is 2. The third kappa shape index (κ3) is 4.14. The molecule has 0 bridgehead atoms. The van der Waals surface area contributed by atoms with Crippen LogP contribution in [0.3, 0.4) is 0 Å². The van der Waals surface area contributed by atoms with Gasteiger partial charge in [-0.15, -0.1) is 10.2 Å². The van der Waals surface area contributed by atoms with E-state index in [0.29, 0.717) is 10.8 Å². The molecule has 0 radical (unpaired) electrons. The van der Waals surface area contributed by atoms with Crippen LogP contribution in [-0.2, 0) is 9.53 Å². The summed E-state index contributed by atoms with van der Waals surface area (Å²) in [5.41, 5.74) is 7.78. The van der Waals surface area contributed by atoms with Gasteiger partial charge in [0.1, 0.15) is 16.9 Å². The molecule has 0 aliphatic carbocycles. The Morgan fingerprint density at radius 1 is 1.18 bits per heavy atom. The maximum atomic E-state index is 12.6. The van der Waals surface area contributed by atoms with Crippen molar-refractivity contribution in [3.8, 4) is 0 Å². The number of pyridine rings is 1. The molecule has 3 heterocycles. The van der Waals surface area contributed by atoms with Crippen molar-refractivity contribution in [2.75, 3.05) is 17.7 Å². The van der Waals surface area contributed by atoms with Crippen LogP contribution in [0, 0.1) is 13.8 Å². The van der Waals surface area contributed by atoms with Crippen molar-refractivity contribution in [3.05, 3.63) is 52.8 Å². The number of ether oxygens (including phenoxy) is 1. The molecule has 4 aromatic rings. The molecular formula is C22H21N5O5S. The summed E-state index contributed by atoms with van der Waals surface area (Å²) in [6.45, 7) is 5.23. The van der Waals surface area contributed by atoms with Crippen molar-refractivity contribution in [2.24, 2.45) is 5.73 Å². The zero-order chi connectivity index (χ0) is 23.7. The lowest BCUT2D eigenvalue weighted by Crippen LogP contribution is -2.21. The molecule has 2 amide bonds. The van der Waals surface area contributed by atoms with Gasteiger partial charge in [-0.25, -0.2) is 4.79 Å². The number of nitrogens with two attached hydrogens (primary N) is 1. The molecule has 3 N–H and O–H groups in total. The molecule has 0 aliphatic heterocycles. The minimum atomic E-state index is -0.914. The van der Waals surface area contributed by atoms with E-state index >= 15 is 0 Å². The summed E-state index contributed by atoms with van der Waals surface area (Å²) in [5, 5.41) is 12.5. The van der Waals surface area contributed by atoms with Gasteiger partial charge >= 0.3 is 5.97 Å². The van der Waals surface area contributed by atoms with Crippen molar-refractivity contribution in [1.29, 1.82) is 0 Å². The Hall–Kier alpha value is -3.86. The molecule has 0 aliphatic rings. The van der Waals surface area contributed by atoms with Gasteiger partial charge in [0.2, 0.25) is 11.8 Å². The third-order valence-electron chi connectivity index (χ3n) is 4.97. The molecule has 4 rings (SSSR count). The summed E-state index contributed by atoms with van der Waals surface area (Å²) in [7, 11) is 0. The topological polar surface area (TPSA) is 142 Å². The smallest absolute Gasteiger partial charge is 0.342 e. The Morgan fingerprint density at radius 2 is 1.94 bits per heavy atom. The lowest BCUT2D eigenvalue weighted by Gasteiger charge is -2.07. The van der Waals surface area contributed by atoms with Crippen molar-refractivity contribution in [1.82, 2.24) is 14.6 Å². The van der Waals surface area contributed by atoms with E-state index in [9.17, 15) is 14.4 Å². The number of nitrogens with zero attached hydrogens (tertiary/aromatic N) is 3. The maximum Gasteiger partial charge on any atom is 0.342 e. The van der Waals surface area contributed by atoms with Crippen molar-refractivity contribution < 1.29 is 23.5 Å². The van der Waals surface area contributed by atoms with E-state index in [0.717, 1.165) is 16.5 Å². The number of anilines is 1. The van der Waals surface area contributed by atoms with Gasteiger partial charge in [-0.1, -0.05) is 30.0 Å². The minimum Gasteiger partial charge on any atom is -0.462 e. The molecule has 3 aromatic heterocycles. The number of hydrogen-bond donors (Lipinski definition) is 2. The van der Waals surface area contributed by atoms with E-state index in [1.807, 2.05) is 41.7 Å². The van der Waals surface area contributed by atoms with E-state index in [-0.39, 0.29) is 35.1 Å². The summed E-state index contributed by atoms with van der Waals surface area (Å²) in [6.07, 6.45) is 0. The van der Waals surface area contributed by atoms with Gasteiger partial charge in [-0.3, -0.25) is 19.3 Å². The highest BCUT2D eigenvalue weighted by atomic mass is 32.2. The van der Waals surface area contributed by atoms with E-state index in [4.69, 9.17) is 14.9 Å². The Kier molecular flexibility index (Phi) is 6.05. The number of carbonyl (C=O) groups is 3. The van der Waals surface area contributed by atoms with Crippen molar-refractivity contribution in [3.63, 3.8) is 0 Å². The fourth-order valence-electron chi connectivity index (χ4n) is 3.58. The second-order valence-corrected chi connectivity index (χ2v) is 8.12. The second kappa shape index (κ2) is 8.94. The number of rotatable bonds is 7. The van der Waals surface area contributed by atoms with Crippen LogP contribution >= 0.6 is 11.8 Å². The summed E-state index contributed by atoms with van der Waals surface area (Å²) in [6, 6.07) is 9.79. The fraction of sp³-hybridized carbons (Fsp3) is 0.227. The predicted octanol–water partition coefficient (Wildman–Crippen LogP) is 3.10. The molecule has 0 fully saturated rings. The molecule has 33 heavy (non-hydrogen) atoms. The van der Waals surface area contributed by atoms with Gasteiger partial charge < -0.3 is 14.9 Å². The number of hydrogen-bond acceptors (Lipinski definition) is 8. The van der Waals surface area contributed by atoms with Crippen LogP contribution in [0.25, 0.3) is 16.6 Å². The normalized spacial score (nSPS) is 11.1. The summed E-state index contributed by atoms with van der Waals surface area (Å²) < 4.78 is 12.3. The van der Waals surface area contributed by atoms with E-state index < -0.39 is 17.8 Å². The van der Waals surface area contributed by atoms with E-state index in [1.165, 1.54) is 18.7 Å². The Labute approximate surface area is 192 Å². The highest BCUT2D eigenvalue weighted by Crippen LogP contribution is 2.29. The van der Waals surface area contributed by atoms with E-state index in [2.05, 4.69) is 15.5 Å². The number of aromatic nitrogens is 3. The highest BCUT2D eigenvalue weighted by Gasteiger charge is 2.29. The first-order valence-electron chi connectivity index (χ1n) is 10.1. The van der Waals surface area contributed by atoms with Crippen LogP contribution in [-0.4, -0.2) is 44.7 Å².